The van der Waals surface area contributed by atoms with E-state index in [9.17, 15) is 45.6 Å². The van der Waals surface area contributed by atoms with Gasteiger partial charge < -0.3 is 65.1 Å². The van der Waals surface area contributed by atoms with Crippen molar-refractivity contribution >= 4 is 5.91 Å². The van der Waals surface area contributed by atoms with E-state index in [1.165, 1.54) is 199 Å². The van der Waals surface area contributed by atoms with Crippen molar-refractivity contribution < 1.29 is 64.6 Å². The van der Waals surface area contributed by atoms with Crippen LogP contribution in [0.4, 0.5) is 0 Å². The van der Waals surface area contributed by atoms with Gasteiger partial charge in [0.1, 0.15) is 48.8 Å². The molecule has 0 aromatic carbocycles. The van der Waals surface area contributed by atoms with Crippen molar-refractivity contribution in [1.29, 1.82) is 0 Å². The predicted molar refractivity (Wildman–Crippen MR) is 387 cm³/mol. The van der Waals surface area contributed by atoms with Crippen molar-refractivity contribution in [3.05, 3.63) is 97.2 Å². The summed E-state index contributed by atoms with van der Waals surface area (Å²) in [5.41, 5.74) is 0. The second-order valence-corrected chi connectivity index (χ2v) is 26.7. The van der Waals surface area contributed by atoms with E-state index in [0.717, 1.165) is 77.0 Å². The highest BCUT2D eigenvalue weighted by atomic mass is 16.7. The van der Waals surface area contributed by atoms with E-state index < -0.39 is 86.8 Å². The largest absolute Gasteiger partial charge is 0.394 e. The van der Waals surface area contributed by atoms with E-state index in [1.807, 2.05) is 6.08 Å². The Bertz CT molecular complexity index is 1950. The minimum Gasteiger partial charge on any atom is -0.394 e. The maximum absolute atomic E-state index is 13.4. The molecule has 0 radical (unpaired) electrons. The molecule has 2 fully saturated rings. The summed E-state index contributed by atoms with van der Waals surface area (Å²) in [6.07, 6.45) is 73.4. The van der Waals surface area contributed by atoms with Crippen molar-refractivity contribution in [2.45, 2.75) is 383 Å². The first-order valence-electron chi connectivity index (χ1n) is 38.5. The van der Waals surface area contributed by atoms with Gasteiger partial charge in [-0.25, -0.2) is 0 Å². The van der Waals surface area contributed by atoms with E-state index in [-0.39, 0.29) is 18.9 Å². The van der Waals surface area contributed by atoms with Gasteiger partial charge in [0.15, 0.2) is 12.6 Å². The Labute approximate surface area is 573 Å². The first-order chi connectivity index (χ1) is 46.1. The Balaban J connectivity index is 1.62. The van der Waals surface area contributed by atoms with Crippen LogP contribution in [0.1, 0.15) is 309 Å². The third-order valence-electron chi connectivity index (χ3n) is 18.2. The minimum atomic E-state index is -1.80. The molecule has 0 aromatic heterocycles. The molecule has 0 bridgehead atoms. The second kappa shape index (κ2) is 63.4. The lowest BCUT2D eigenvalue weighted by Crippen LogP contribution is -2.65. The maximum atomic E-state index is 13.4. The molecule has 2 saturated heterocycles. The first-order valence-corrected chi connectivity index (χ1v) is 38.5. The van der Waals surface area contributed by atoms with E-state index in [0.29, 0.717) is 12.8 Å². The quantitative estimate of drug-likeness (QED) is 0.0204. The summed E-state index contributed by atoms with van der Waals surface area (Å²) in [6, 6.07) is -0.942. The molecular weight excluding hydrogens is 1180 g/mol. The van der Waals surface area contributed by atoms with Crippen molar-refractivity contribution in [1.82, 2.24) is 5.32 Å². The van der Waals surface area contributed by atoms with Gasteiger partial charge in [-0.15, -0.1) is 0 Å². The zero-order valence-electron chi connectivity index (χ0n) is 59.4. The zero-order chi connectivity index (χ0) is 68.0. The molecule has 9 N–H and O–H groups in total. The Morgan fingerprint density at radius 3 is 1.17 bits per heavy atom. The van der Waals surface area contributed by atoms with Crippen molar-refractivity contribution in [3.63, 3.8) is 0 Å². The number of unbranched alkanes of at least 4 members (excludes halogenated alkanes) is 36. The van der Waals surface area contributed by atoms with Gasteiger partial charge in [-0.2, -0.15) is 0 Å². The molecule has 2 rings (SSSR count). The summed E-state index contributed by atoms with van der Waals surface area (Å²) in [4.78, 5) is 13.4. The van der Waals surface area contributed by atoms with Gasteiger partial charge in [-0.1, -0.05) is 310 Å². The number of hydrogen-bond donors (Lipinski definition) is 9. The first kappa shape index (κ1) is 87.0. The molecule has 0 spiro atoms. The van der Waals surface area contributed by atoms with Crippen LogP contribution >= 0.6 is 0 Å². The fourth-order valence-corrected chi connectivity index (χ4v) is 12.2. The predicted octanol–water partition coefficient (Wildman–Crippen LogP) is 16.9. The van der Waals surface area contributed by atoms with Crippen molar-refractivity contribution in [2.75, 3.05) is 19.8 Å². The lowest BCUT2D eigenvalue weighted by atomic mass is 9.97. The lowest BCUT2D eigenvalue weighted by molar-refractivity contribution is -0.359. The smallest absolute Gasteiger partial charge is 0.220 e. The van der Waals surface area contributed by atoms with Crippen LogP contribution in [-0.4, -0.2) is 140 Å². The fourth-order valence-electron chi connectivity index (χ4n) is 12.2. The van der Waals surface area contributed by atoms with Gasteiger partial charge in [-0.05, 0) is 89.9 Å². The summed E-state index contributed by atoms with van der Waals surface area (Å²) >= 11 is 0. The second-order valence-electron chi connectivity index (χ2n) is 26.7. The molecule has 94 heavy (non-hydrogen) atoms. The average Bonchev–Trinajstić information content (AvgIpc) is 0.794. The Hall–Kier alpha value is -3.09. The maximum Gasteiger partial charge on any atom is 0.220 e. The van der Waals surface area contributed by atoms with Crippen LogP contribution in [0.2, 0.25) is 0 Å². The van der Waals surface area contributed by atoms with Gasteiger partial charge >= 0.3 is 0 Å². The van der Waals surface area contributed by atoms with E-state index in [2.05, 4.69) is 104 Å². The number of carbonyl (C=O) groups is 1. The lowest BCUT2D eigenvalue weighted by Gasteiger charge is -2.46. The standard InChI is InChI=1S/C80H141NO13/c1-3-5-7-9-11-13-15-17-19-21-23-25-27-28-29-30-31-32-33-34-35-36-37-38-39-40-42-44-46-48-50-52-54-56-58-60-62-64-72(85)81-68(67-91-79-77(90)75(88)78(71(66-83)93-79)94-80-76(89)74(87)73(86)70(65-82)92-80)69(84)63-61-59-57-55-53-51-49-47-45-43-41-26-24-22-20-18-16-14-12-10-8-6-4-2/h5,7,11,13,17,19,23,25,28-29,45,47,53,55,61,63,68-71,73-80,82-84,86-90H,3-4,6,8-10,12,14-16,18,20-22,24,26-27,30-44,46,48-52,54,56-60,62,64-67H2,1-2H3,(H,81,85)/b7-5-,13-11-,19-17-,25-23-,29-28-,47-45+,55-53+,63-61+. The van der Waals surface area contributed by atoms with Crippen LogP contribution in [0.25, 0.3) is 0 Å². The molecular formula is C80H141NO13. The van der Waals surface area contributed by atoms with Gasteiger partial charge in [0, 0.05) is 6.42 Å². The summed E-state index contributed by atoms with van der Waals surface area (Å²) in [7, 11) is 0. The molecule has 1 amide bonds. The van der Waals surface area contributed by atoms with Crippen molar-refractivity contribution in [3.8, 4) is 0 Å². The van der Waals surface area contributed by atoms with Gasteiger partial charge in [0.05, 0.1) is 32.0 Å². The number of ether oxygens (including phenoxy) is 4. The van der Waals surface area contributed by atoms with Crippen LogP contribution in [-0.2, 0) is 23.7 Å². The van der Waals surface area contributed by atoms with Crippen LogP contribution in [0.15, 0.2) is 97.2 Å². The number of allylic oxidation sites excluding steroid dienone is 15. The Morgan fingerprint density at radius 1 is 0.394 bits per heavy atom. The van der Waals surface area contributed by atoms with Gasteiger partial charge in [0.2, 0.25) is 5.91 Å². The molecule has 2 aliphatic rings. The summed E-state index contributed by atoms with van der Waals surface area (Å²) in [6.45, 7) is 2.69. The zero-order valence-corrected chi connectivity index (χ0v) is 59.4. The molecule has 12 atom stereocenters. The van der Waals surface area contributed by atoms with E-state index in [1.54, 1.807) is 6.08 Å². The highest BCUT2D eigenvalue weighted by Crippen LogP contribution is 2.30. The Kier molecular flexibility index (Phi) is 58.6. The third kappa shape index (κ3) is 46.2. The summed E-state index contributed by atoms with van der Waals surface area (Å²) in [5, 5.41) is 87.5. The van der Waals surface area contributed by atoms with Gasteiger partial charge in [0.25, 0.3) is 0 Å². The summed E-state index contributed by atoms with van der Waals surface area (Å²) < 4.78 is 22.9. The van der Waals surface area contributed by atoms with Gasteiger partial charge in [-0.3, -0.25) is 4.79 Å². The van der Waals surface area contributed by atoms with Crippen LogP contribution in [0.3, 0.4) is 0 Å². The molecule has 2 heterocycles. The molecule has 0 saturated carbocycles. The highest BCUT2D eigenvalue weighted by molar-refractivity contribution is 5.76. The number of hydrogen-bond acceptors (Lipinski definition) is 13. The third-order valence-corrected chi connectivity index (χ3v) is 18.2. The number of aliphatic hydroxyl groups excluding tert-OH is 8. The van der Waals surface area contributed by atoms with Crippen molar-refractivity contribution in [2.24, 2.45) is 0 Å². The number of nitrogens with one attached hydrogen (secondary N) is 1. The van der Waals surface area contributed by atoms with E-state index in [4.69, 9.17) is 18.9 Å². The monoisotopic (exact) mass is 1320 g/mol. The molecule has 14 nitrogen and oxygen atoms in total. The molecule has 0 aliphatic carbocycles. The number of amides is 1. The molecule has 0 aromatic rings. The highest BCUT2D eigenvalue weighted by Gasteiger charge is 2.51. The van der Waals surface area contributed by atoms with Crippen LogP contribution in [0, 0.1) is 0 Å². The van der Waals surface area contributed by atoms with Crippen LogP contribution < -0.4 is 5.32 Å². The van der Waals surface area contributed by atoms with E-state index >= 15 is 0 Å². The number of aliphatic hydroxyl groups is 8. The SMILES string of the molecule is CC/C=C\C/C=C\C/C=C\C/C=C\C/C=C\CCCCCCCCCCCCCCCCCCCCCCCC(=O)NC(COC1OC(CO)C(OC2OC(CO)C(O)C(O)C2O)C(O)C1O)C(O)/C=C/CC/C=C/CC/C=C/CCCCCCCCCCCCCCC. The fraction of sp³-hybridized carbons (Fsp3) is 0.787. The summed E-state index contributed by atoms with van der Waals surface area (Å²) in [5.74, 6) is -0.251. The molecule has 2 aliphatic heterocycles. The average molecular weight is 1330 g/mol. The van der Waals surface area contributed by atoms with Crippen LogP contribution in [0.5, 0.6) is 0 Å². The molecule has 544 valence electrons. The molecule has 12 unspecified atom stereocenters. The minimum absolute atomic E-state index is 0.251. The number of rotatable bonds is 63. The molecule has 14 heteroatoms. The topological polar surface area (TPSA) is 228 Å². The Morgan fingerprint density at radius 2 is 0.745 bits per heavy atom. The normalized spacial score (nSPS) is 23.0. The number of carbonyl (C=O) groups excluding carboxylic acids is 1.